The minimum absolute atomic E-state index is 0.000227. The van der Waals surface area contributed by atoms with E-state index in [1.165, 1.54) is 19.2 Å². The Morgan fingerprint density at radius 1 is 1.38 bits per heavy atom. The summed E-state index contributed by atoms with van der Waals surface area (Å²) in [7, 11) is 1.30. The maximum Gasteiger partial charge on any atom is 0.408 e. The van der Waals surface area contributed by atoms with Gasteiger partial charge < -0.3 is 24.6 Å². The number of methoxy groups -OCH3 is 1. The van der Waals surface area contributed by atoms with Gasteiger partial charge in [0.05, 0.1) is 24.1 Å². The monoisotopic (exact) mass is 368 g/mol. The number of aliphatic hydroxyl groups excluding tert-OH is 1. The Kier molecular flexibility index (Phi) is 5.05. The quantitative estimate of drug-likeness (QED) is 0.621. The number of aliphatic hydroxyl groups is 1. The average Bonchev–Trinajstić information content (AvgIpc) is 2.48. The molecule has 1 heterocycles. The van der Waals surface area contributed by atoms with Gasteiger partial charge in [0.25, 0.3) is 0 Å². The van der Waals surface area contributed by atoms with E-state index in [1.54, 1.807) is 34.6 Å². The largest absolute Gasteiger partial charge is 0.490 e. The van der Waals surface area contributed by atoms with Gasteiger partial charge in [-0.3, -0.25) is 10.1 Å². The number of rotatable bonds is 3. The predicted octanol–water partition coefficient (Wildman–Crippen LogP) is 2.70. The fourth-order valence-electron chi connectivity index (χ4n) is 2.71. The molecule has 2 N–H and O–H groups in total. The molecule has 0 radical (unpaired) electrons. The van der Waals surface area contributed by atoms with Crippen LogP contribution < -0.4 is 14.8 Å². The Bertz CT molecular complexity index is 725. The lowest BCUT2D eigenvalue weighted by atomic mass is 9.86. The topological polar surface area (TPSA) is 120 Å². The lowest BCUT2D eigenvalue weighted by Crippen LogP contribution is -2.54. The van der Waals surface area contributed by atoms with Gasteiger partial charge in [-0.1, -0.05) is 0 Å². The van der Waals surface area contributed by atoms with Crippen LogP contribution in [-0.2, 0) is 4.74 Å². The third-order valence-electron chi connectivity index (χ3n) is 3.92. The van der Waals surface area contributed by atoms with Crippen molar-refractivity contribution in [3.8, 4) is 11.5 Å². The first-order chi connectivity index (χ1) is 11.9. The molecule has 0 unspecified atom stereocenters. The number of amides is 1. The van der Waals surface area contributed by atoms with Crippen LogP contribution in [0.1, 0.15) is 46.2 Å². The first-order valence-electron chi connectivity index (χ1n) is 8.08. The number of nitro groups is 1. The molecule has 0 saturated heterocycles. The molecule has 0 spiro atoms. The summed E-state index contributed by atoms with van der Waals surface area (Å²) in [5, 5.41) is 24.5. The van der Waals surface area contributed by atoms with E-state index >= 15 is 0 Å². The molecule has 1 aliphatic heterocycles. The Morgan fingerprint density at radius 2 is 2.00 bits per heavy atom. The molecule has 0 fully saturated rings. The summed E-state index contributed by atoms with van der Waals surface area (Å²) in [6.07, 6.45) is -1.84. The molecule has 2 rings (SSSR count). The smallest absolute Gasteiger partial charge is 0.408 e. The fraction of sp³-hybridized carbons (Fsp3) is 0.588. The Balaban J connectivity index is 2.49. The van der Waals surface area contributed by atoms with Crippen molar-refractivity contribution in [2.45, 2.75) is 58.0 Å². The van der Waals surface area contributed by atoms with Crippen LogP contribution in [0.4, 0.5) is 10.5 Å². The second kappa shape index (κ2) is 6.64. The standard InChI is InChI=1S/C17H24N2O7/c1-16(2,3)26-15(21)18-13-9-7-12(24-6)10(19(22)23)8-11(9)25-17(4,5)14(13)20/h7-8,13-14,20H,1-6H3,(H,18,21)/t13-,14+/m0/s1. The molecule has 1 aliphatic rings. The van der Waals surface area contributed by atoms with Crippen LogP contribution in [0, 0.1) is 10.1 Å². The molecule has 9 nitrogen and oxygen atoms in total. The molecular formula is C17H24N2O7. The lowest BCUT2D eigenvalue weighted by molar-refractivity contribution is -0.385. The molecule has 0 saturated carbocycles. The van der Waals surface area contributed by atoms with Crippen molar-refractivity contribution in [3.05, 3.63) is 27.8 Å². The third kappa shape index (κ3) is 3.98. The van der Waals surface area contributed by atoms with E-state index in [1.807, 2.05) is 0 Å². The summed E-state index contributed by atoms with van der Waals surface area (Å²) in [6, 6.07) is 1.72. The van der Waals surface area contributed by atoms with Crippen molar-refractivity contribution < 1.29 is 29.0 Å². The number of carbonyl (C=O) groups is 1. The molecule has 0 aliphatic carbocycles. The van der Waals surface area contributed by atoms with E-state index in [9.17, 15) is 20.0 Å². The lowest BCUT2D eigenvalue weighted by Gasteiger charge is -2.42. The average molecular weight is 368 g/mol. The Hall–Kier alpha value is -2.55. The fourth-order valence-corrected chi connectivity index (χ4v) is 2.71. The summed E-state index contributed by atoms with van der Waals surface area (Å²) in [4.78, 5) is 22.9. The van der Waals surface area contributed by atoms with Gasteiger partial charge in [0.1, 0.15) is 23.1 Å². The van der Waals surface area contributed by atoms with Gasteiger partial charge in [0.15, 0.2) is 5.75 Å². The van der Waals surface area contributed by atoms with E-state index in [0.717, 1.165) is 0 Å². The number of nitrogens with one attached hydrogen (secondary N) is 1. The number of nitrogens with zero attached hydrogens (tertiary/aromatic N) is 1. The first kappa shape index (κ1) is 19.8. The maximum absolute atomic E-state index is 12.2. The minimum atomic E-state index is -1.12. The van der Waals surface area contributed by atoms with Crippen molar-refractivity contribution in [1.82, 2.24) is 5.32 Å². The minimum Gasteiger partial charge on any atom is -0.490 e. The van der Waals surface area contributed by atoms with Gasteiger partial charge >= 0.3 is 11.8 Å². The van der Waals surface area contributed by atoms with Crippen LogP contribution in [-0.4, -0.2) is 40.5 Å². The number of alkyl carbamates (subject to hydrolysis) is 1. The first-order valence-corrected chi connectivity index (χ1v) is 8.08. The number of hydrogen-bond acceptors (Lipinski definition) is 7. The molecule has 1 aromatic rings. The summed E-state index contributed by atoms with van der Waals surface area (Å²) in [5.41, 5.74) is -1.71. The van der Waals surface area contributed by atoms with Crippen molar-refractivity contribution in [2.75, 3.05) is 7.11 Å². The van der Waals surface area contributed by atoms with Gasteiger partial charge in [-0.2, -0.15) is 0 Å². The summed E-state index contributed by atoms with van der Waals surface area (Å²) in [5.74, 6) is 0.189. The summed E-state index contributed by atoms with van der Waals surface area (Å²) < 4.78 is 16.1. The van der Waals surface area contributed by atoms with Gasteiger partial charge in [0.2, 0.25) is 0 Å². The second-order valence-electron chi connectivity index (χ2n) is 7.59. The molecule has 1 amide bonds. The van der Waals surface area contributed by atoms with Gasteiger partial charge in [-0.05, 0) is 40.7 Å². The Labute approximate surface area is 151 Å². The molecule has 9 heteroatoms. The second-order valence-corrected chi connectivity index (χ2v) is 7.59. The summed E-state index contributed by atoms with van der Waals surface area (Å²) >= 11 is 0. The number of benzene rings is 1. The van der Waals surface area contributed by atoms with E-state index in [-0.39, 0.29) is 17.2 Å². The normalized spacial score (nSPS) is 21.2. The zero-order valence-corrected chi connectivity index (χ0v) is 15.7. The molecule has 0 bridgehead atoms. The number of nitro benzene ring substituents is 1. The van der Waals surface area contributed by atoms with E-state index in [2.05, 4.69) is 5.32 Å². The van der Waals surface area contributed by atoms with Crippen molar-refractivity contribution >= 4 is 11.8 Å². The number of fused-ring (bicyclic) bond motifs is 1. The maximum atomic E-state index is 12.2. The molecule has 144 valence electrons. The highest BCUT2D eigenvalue weighted by Gasteiger charge is 2.45. The van der Waals surface area contributed by atoms with E-state index in [0.29, 0.717) is 5.56 Å². The van der Waals surface area contributed by atoms with Crippen LogP contribution in [0.5, 0.6) is 11.5 Å². The number of carbonyl (C=O) groups excluding carboxylic acids is 1. The van der Waals surface area contributed by atoms with Gasteiger partial charge in [-0.25, -0.2) is 4.79 Å². The number of hydrogen-bond donors (Lipinski definition) is 2. The van der Waals surface area contributed by atoms with E-state index in [4.69, 9.17) is 14.2 Å². The van der Waals surface area contributed by atoms with Crippen molar-refractivity contribution in [3.63, 3.8) is 0 Å². The van der Waals surface area contributed by atoms with Crippen molar-refractivity contribution in [1.29, 1.82) is 0 Å². The predicted molar refractivity (Wildman–Crippen MR) is 92.5 cm³/mol. The highest BCUT2D eigenvalue weighted by atomic mass is 16.6. The molecule has 2 atom stereocenters. The molecular weight excluding hydrogens is 344 g/mol. The third-order valence-corrected chi connectivity index (χ3v) is 3.92. The molecule has 1 aromatic carbocycles. The van der Waals surface area contributed by atoms with E-state index < -0.39 is 34.4 Å². The molecule has 0 aromatic heterocycles. The van der Waals surface area contributed by atoms with Gasteiger partial charge in [0, 0.05) is 5.56 Å². The Morgan fingerprint density at radius 3 is 2.50 bits per heavy atom. The van der Waals surface area contributed by atoms with Crippen LogP contribution in [0.15, 0.2) is 12.1 Å². The van der Waals surface area contributed by atoms with Crippen LogP contribution in [0.2, 0.25) is 0 Å². The van der Waals surface area contributed by atoms with Crippen LogP contribution in [0.3, 0.4) is 0 Å². The molecule has 26 heavy (non-hydrogen) atoms. The zero-order chi connectivity index (χ0) is 19.9. The van der Waals surface area contributed by atoms with Crippen LogP contribution >= 0.6 is 0 Å². The van der Waals surface area contributed by atoms with Crippen molar-refractivity contribution in [2.24, 2.45) is 0 Å². The van der Waals surface area contributed by atoms with Gasteiger partial charge in [-0.15, -0.1) is 0 Å². The SMILES string of the molecule is COc1cc2c(cc1[N+](=O)[O-])OC(C)(C)[C@H](O)[C@H]2NC(=O)OC(C)(C)C. The highest BCUT2D eigenvalue weighted by Crippen LogP contribution is 2.45. The summed E-state index contributed by atoms with van der Waals surface area (Å²) in [6.45, 7) is 8.41. The zero-order valence-electron chi connectivity index (χ0n) is 15.7. The number of ether oxygens (including phenoxy) is 3. The highest BCUT2D eigenvalue weighted by molar-refractivity contribution is 5.69. The van der Waals surface area contributed by atoms with Crippen LogP contribution in [0.25, 0.3) is 0 Å².